The fourth-order valence-corrected chi connectivity index (χ4v) is 0.681. The molecule has 1 aromatic rings. The van der Waals surface area contributed by atoms with Gasteiger partial charge in [-0.1, -0.05) is 0 Å². The molecule has 6 heteroatoms. The van der Waals surface area contributed by atoms with Crippen molar-refractivity contribution < 1.29 is 14.6 Å². The fourth-order valence-electron chi connectivity index (χ4n) is 0.681. The number of ether oxygens (including phenoxy) is 1. The van der Waals surface area contributed by atoms with Crippen molar-refractivity contribution in [2.45, 2.75) is 6.61 Å². The predicted octanol–water partition coefficient (Wildman–Crippen LogP) is 0.676. The van der Waals surface area contributed by atoms with Crippen LogP contribution in [-0.2, 0) is 11.3 Å². The Morgan fingerprint density at radius 1 is 1.83 bits per heavy atom. The third kappa shape index (κ3) is 2.52. The number of rotatable bonds is 3. The standard InChI is InChI=1S/C6H8N2O3.ClH/c1-11-3-5-7-2-4(8-5)6(9)10;/h2H,3H2,1H3,(H,7,8)(H,9,10);1H. The van der Waals surface area contributed by atoms with E-state index in [0.717, 1.165) is 0 Å². The van der Waals surface area contributed by atoms with E-state index < -0.39 is 5.97 Å². The van der Waals surface area contributed by atoms with Gasteiger partial charge in [0.05, 0.1) is 6.20 Å². The Kier molecular flexibility index (Phi) is 4.31. The van der Waals surface area contributed by atoms with Crippen LogP contribution in [0.4, 0.5) is 0 Å². The highest BCUT2D eigenvalue weighted by Crippen LogP contribution is 1.97. The van der Waals surface area contributed by atoms with Crippen LogP contribution in [0, 0.1) is 0 Å². The first-order chi connectivity index (χ1) is 5.24. The molecule has 12 heavy (non-hydrogen) atoms. The summed E-state index contributed by atoms with van der Waals surface area (Å²) in [5.74, 6) is -0.496. The van der Waals surface area contributed by atoms with Gasteiger partial charge in [0.1, 0.15) is 18.1 Å². The Morgan fingerprint density at radius 2 is 2.50 bits per heavy atom. The second kappa shape index (κ2) is 4.74. The second-order valence-electron chi connectivity index (χ2n) is 1.98. The van der Waals surface area contributed by atoms with Gasteiger partial charge in [-0.05, 0) is 0 Å². The first-order valence-corrected chi connectivity index (χ1v) is 3.00. The minimum Gasteiger partial charge on any atom is -0.477 e. The molecule has 0 aliphatic rings. The molecular weight excluding hydrogens is 184 g/mol. The van der Waals surface area contributed by atoms with Gasteiger partial charge in [-0.2, -0.15) is 0 Å². The first kappa shape index (κ1) is 10.9. The lowest BCUT2D eigenvalue weighted by molar-refractivity contribution is 0.0690. The van der Waals surface area contributed by atoms with E-state index in [2.05, 4.69) is 9.97 Å². The number of aromatic carboxylic acids is 1. The lowest BCUT2D eigenvalue weighted by atomic mass is 10.5. The van der Waals surface area contributed by atoms with Gasteiger partial charge in [-0.25, -0.2) is 9.78 Å². The van der Waals surface area contributed by atoms with Crippen LogP contribution in [0.5, 0.6) is 0 Å². The number of hydrogen-bond donors (Lipinski definition) is 2. The maximum Gasteiger partial charge on any atom is 0.353 e. The molecule has 0 aliphatic carbocycles. The Hall–Kier alpha value is -1.07. The number of H-pyrrole nitrogens is 1. The summed E-state index contributed by atoms with van der Waals surface area (Å²) in [6, 6.07) is 0. The molecule has 0 aliphatic heterocycles. The third-order valence-corrected chi connectivity index (χ3v) is 1.14. The number of methoxy groups -OCH3 is 1. The lowest BCUT2D eigenvalue weighted by Crippen LogP contribution is -1.97. The van der Waals surface area contributed by atoms with E-state index in [1.54, 1.807) is 0 Å². The van der Waals surface area contributed by atoms with Crippen molar-refractivity contribution in [2.75, 3.05) is 7.11 Å². The number of nitrogens with zero attached hydrogens (tertiary/aromatic N) is 1. The molecule has 0 saturated carbocycles. The summed E-state index contributed by atoms with van der Waals surface area (Å²) < 4.78 is 4.73. The largest absolute Gasteiger partial charge is 0.477 e. The lowest BCUT2D eigenvalue weighted by Gasteiger charge is -1.90. The zero-order valence-electron chi connectivity index (χ0n) is 6.40. The van der Waals surface area contributed by atoms with Crippen LogP contribution in [0.3, 0.4) is 0 Å². The molecule has 1 heterocycles. The number of imidazole rings is 1. The summed E-state index contributed by atoms with van der Waals surface area (Å²) in [7, 11) is 1.52. The van der Waals surface area contributed by atoms with Gasteiger partial charge in [0, 0.05) is 7.11 Å². The summed E-state index contributed by atoms with van der Waals surface area (Å²) in [5, 5.41) is 8.45. The van der Waals surface area contributed by atoms with Gasteiger partial charge in [-0.15, -0.1) is 12.4 Å². The summed E-state index contributed by atoms with van der Waals surface area (Å²) in [4.78, 5) is 16.7. The highest BCUT2D eigenvalue weighted by Gasteiger charge is 2.05. The Morgan fingerprint density at radius 3 is 2.92 bits per heavy atom. The fraction of sp³-hybridized carbons (Fsp3) is 0.333. The third-order valence-electron chi connectivity index (χ3n) is 1.14. The van der Waals surface area contributed by atoms with Crippen LogP contribution in [-0.4, -0.2) is 28.2 Å². The maximum absolute atomic E-state index is 10.3. The molecule has 2 N–H and O–H groups in total. The van der Waals surface area contributed by atoms with Crippen molar-refractivity contribution in [3.05, 3.63) is 17.7 Å². The monoisotopic (exact) mass is 192 g/mol. The Balaban J connectivity index is 0.00000121. The van der Waals surface area contributed by atoms with E-state index in [0.29, 0.717) is 12.4 Å². The van der Waals surface area contributed by atoms with E-state index in [1.807, 2.05) is 0 Å². The van der Waals surface area contributed by atoms with E-state index in [4.69, 9.17) is 9.84 Å². The molecular formula is C6H9ClN2O3. The summed E-state index contributed by atoms with van der Waals surface area (Å²) >= 11 is 0. The molecule has 68 valence electrons. The number of halogens is 1. The smallest absolute Gasteiger partial charge is 0.353 e. The Bertz CT molecular complexity index is 261. The average Bonchev–Trinajstić information content (AvgIpc) is 2.37. The predicted molar refractivity (Wildman–Crippen MR) is 43.5 cm³/mol. The topological polar surface area (TPSA) is 75.2 Å². The van der Waals surface area contributed by atoms with Gasteiger partial charge in [-0.3, -0.25) is 0 Å². The van der Waals surface area contributed by atoms with Gasteiger partial charge in [0.2, 0.25) is 0 Å². The highest BCUT2D eigenvalue weighted by atomic mass is 35.5. The van der Waals surface area contributed by atoms with Crippen molar-refractivity contribution in [2.24, 2.45) is 0 Å². The molecule has 5 nitrogen and oxygen atoms in total. The van der Waals surface area contributed by atoms with Crippen LogP contribution in [0.1, 0.15) is 16.3 Å². The number of hydrogen-bond acceptors (Lipinski definition) is 3. The van der Waals surface area contributed by atoms with Crippen LogP contribution in [0.15, 0.2) is 6.20 Å². The molecule has 0 radical (unpaired) electrons. The van der Waals surface area contributed by atoms with E-state index >= 15 is 0 Å². The molecule has 0 spiro atoms. The highest BCUT2D eigenvalue weighted by molar-refractivity contribution is 5.85. The van der Waals surface area contributed by atoms with Crippen LogP contribution < -0.4 is 0 Å². The summed E-state index contributed by atoms with van der Waals surface area (Å²) in [5.41, 5.74) is 0.0806. The molecule has 1 rings (SSSR count). The average molecular weight is 193 g/mol. The maximum atomic E-state index is 10.3. The normalized spacial score (nSPS) is 9.08. The first-order valence-electron chi connectivity index (χ1n) is 3.00. The van der Waals surface area contributed by atoms with Crippen LogP contribution in [0.2, 0.25) is 0 Å². The van der Waals surface area contributed by atoms with E-state index in [1.165, 1.54) is 13.3 Å². The van der Waals surface area contributed by atoms with Crippen molar-refractivity contribution in [1.29, 1.82) is 0 Å². The Labute approximate surface area is 75.2 Å². The number of aromatic amines is 1. The van der Waals surface area contributed by atoms with Crippen LogP contribution >= 0.6 is 12.4 Å². The van der Waals surface area contributed by atoms with Gasteiger partial charge >= 0.3 is 5.97 Å². The number of carboxylic acid groups (broad SMARTS) is 1. The number of nitrogens with one attached hydrogen (secondary N) is 1. The zero-order valence-corrected chi connectivity index (χ0v) is 7.22. The number of carbonyl (C=O) groups is 1. The SMILES string of the molecule is COCc1ncc(C(=O)O)[nH]1.Cl. The second-order valence-corrected chi connectivity index (χ2v) is 1.98. The molecule has 0 bridgehead atoms. The summed E-state index contributed by atoms with van der Waals surface area (Å²) in [6.45, 7) is 0.299. The van der Waals surface area contributed by atoms with Crippen molar-refractivity contribution in [1.82, 2.24) is 9.97 Å². The van der Waals surface area contributed by atoms with Crippen molar-refractivity contribution >= 4 is 18.4 Å². The van der Waals surface area contributed by atoms with Crippen molar-refractivity contribution in [3.8, 4) is 0 Å². The molecule has 0 fully saturated rings. The quantitative estimate of drug-likeness (QED) is 0.739. The minimum atomic E-state index is -1.01. The number of aromatic nitrogens is 2. The van der Waals surface area contributed by atoms with E-state index in [9.17, 15) is 4.79 Å². The molecule has 0 atom stereocenters. The van der Waals surface area contributed by atoms with Crippen LogP contribution in [0.25, 0.3) is 0 Å². The molecule has 0 aromatic carbocycles. The molecule has 0 saturated heterocycles. The molecule has 0 amide bonds. The molecule has 0 unspecified atom stereocenters. The van der Waals surface area contributed by atoms with Gasteiger partial charge < -0.3 is 14.8 Å². The summed E-state index contributed by atoms with van der Waals surface area (Å²) in [6.07, 6.45) is 1.26. The van der Waals surface area contributed by atoms with E-state index in [-0.39, 0.29) is 18.1 Å². The van der Waals surface area contributed by atoms with Gasteiger partial charge in [0.25, 0.3) is 0 Å². The minimum absolute atomic E-state index is 0. The van der Waals surface area contributed by atoms with Crippen molar-refractivity contribution in [3.63, 3.8) is 0 Å². The number of carboxylic acids is 1. The van der Waals surface area contributed by atoms with Gasteiger partial charge in [0.15, 0.2) is 0 Å². The molecule has 1 aromatic heterocycles. The zero-order chi connectivity index (χ0) is 8.27.